The molecule has 3 rings (SSSR count). The monoisotopic (exact) mass is 380 g/mol. The number of amides is 1. The molecule has 1 N–H and O–H groups in total. The minimum Gasteiger partial charge on any atom is -0.480 e. The molecule has 0 saturated carbocycles. The Kier molecular flexibility index (Phi) is 5.21. The molecule has 8 heteroatoms. The standard InChI is InChI=1S/C20H16N2O6/c1-13(19(23)24)21(17-7-6-14-4-2-3-5-15(14)12-17)20(25)28-18-10-8-16(9-11-18)22(26)27/h2-13H,1H3,(H,23,24)/t13-/m0/s1. The lowest BCUT2D eigenvalue weighted by molar-refractivity contribution is -0.384. The molecule has 0 heterocycles. The van der Waals surface area contributed by atoms with Gasteiger partial charge in [-0.25, -0.2) is 9.59 Å². The van der Waals surface area contributed by atoms with Gasteiger partial charge in [0.2, 0.25) is 0 Å². The molecule has 0 aliphatic heterocycles. The highest BCUT2D eigenvalue weighted by atomic mass is 16.6. The molecule has 0 aliphatic rings. The largest absolute Gasteiger partial charge is 0.480 e. The maximum absolute atomic E-state index is 12.7. The summed E-state index contributed by atoms with van der Waals surface area (Å²) in [6.45, 7) is 1.37. The summed E-state index contributed by atoms with van der Waals surface area (Å²) in [7, 11) is 0. The first kappa shape index (κ1) is 18.8. The molecule has 0 bridgehead atoms. The van der Waals surface area contributed by atoms with Crippen LogP contribution < -0.4 is 9.64 Å². The van der Waals surface area contributed by atoms with Crippen molar-refractivity contribution in [2.24, 2.45) is 0 Å². The van der Waals surface area contributed by atoms with E-state index in [1.165, 1.54) is 31.2 Å². The fourth-order valence-electron chi connectivity index (χ4n) is 2.71. The second-order valence-electron chi connectivity index (χ2n) is 6.03. The third kappa shape index (κ3) is 3.90. The normalized spacial score (nSPS) is 11.6. The van der Waals surface area contributed by atoms with Gasteiger partial charge in [0.25, 0.3) is 5.69 Å². The van der Waals surface area contributed by atoms with Gasteiger partial charge < -0.3 is 9.84 Å². The first-order chi connectivity index (χ1) is 13.4. The molecule has 8 nitrogen and oxygen atoms in total. The Hall–Kier alpha value is -3.94. The number of carboxylic acid groups (broad SMARTS) is 1. The molecule has 3 aromatic rings. The van der Waals surface area contributed by atoms with Crippen molar-refractivity contribution < 1.29 is 24.4 Å². The van der Waals surface area contributed by atoms with E-state index in [2.05, 4.69) is 0 Å². The number of non-ortho nitro benzene ring substituents is 1. The van der Waals surface area contributed by atoms with Gasteiger partial charge in [-0.15, -0.1) is 0 Å². The minimum absolute atomic E-state index is 0.0685. The SMILES string of the molecule is C[C@@H](C(=O)O)N(C(=O)Oc1ccc([N+](=O)[O-])cc1)c1ccc2ccccc2c1. The smallest absolute Gasteiger partial charge is 0.420 e. The van der Waals surface area contributed by atoms with Gasteiger partial charge in [-0.1, -0.05) is 30.3 Å². The van der Waals surface area contributed by atoms with Crippen LogP contribution in [0.25, 0.3) is 10.8 Å². The molecule has 0 fully saturated rings. The zero-order valence-corrected chi connectivity index (χ0v) is 14.8. The highest BCUT2D eigenvalue weighted by Gasteiger charge is 2.29. The lowest BCUT2D eigenvalue weighted by Crippen LogP contribution is -2.45. The number of hydrogen-bond acceptors (Lipinski definition) is 5. The molecule has 0 unspecified atom stereocenters. The van der Waals surface area contributed by atoms with Gasteiger partial charge in [0.1, 0.15) is 11.8 Å². The number of nitro benzene ring substituents is 1. The number of nitrogens with zero attached hydrogens (tertiary/aromatic N) is 2. The van der Waals surface area contributed by atoms with Crippen molar-refractivity contribution in [3.63, 3.8) is 0 Å². The average Bonchev–Trinajstić information content (AvgIpc) is 2.68. The van der Waals surface area contributed by atoms with Crippen molar-refractivity contribution in [3.8, 4) is 5.75 Å². The fraction of sp³-hybridized carbons (Fsp3) is 0.100. The molecular formula is C20H16N2O6. The predicted molar refractivity (Wildman–Crippen MR) is 103 cm³/mol. The topological polar surface area (TPSA) is 110 Å². The molecule has 1 atom stereocenters. The van der Waals surface area contributed by atoms with E-state index in [1.807, 2.05) is 24.3 Å². The summed E-state index contributed by atoms with van der Waals surface area (Å²) in [5.41, 5.74) is 0.214. The zero-order chi connectivity index (χ0) is 20.3. The summed E-state index contributed by atoms with van der Waals surface area (Å²) >= 11 is 0. The number of anilines is 1. The van der Waals surface area contributed by atoms with E-state index in [4.69, 9.17) is 4.74 Å². The van der Waals surface area contributed by atoms with Gasteiger partial charge in [0.15, 0.2) is 0 Å². The maximum Gasteiger partial charge on any atom is 0.420 e. The Morgan fingerprint density at radius 2 is 1.68 bits per heavy atom. The molecule has 3 aromatic carbocycles. The number of ether oxygens (including phenoxy) is 1. The van der Waals surface area contributed by atoms with E-state index >= 15 is 0 Å². The fourth-order valence-corrected chi connectivity index (χ4v) is 2.71. The number of carboxylic acids is 1. The number of aliphatic carboxylic acids is 1. The molecule has 0 aromatic heterocycles. The maximum atomic E-state index is 12.7. The highest BCUT2D eigenvalue weighted by Crippen LogP contribution is 2.26. The van der Waals surface area contributed by atoms with Gasteiger partial charge in [0.05, 0.1) is 4.92 Å². The van der Waals surface area contributed by atoms with Crippen LogP contribution in [0.3, 0.4) is 0 Å². The second kappa shape index (κ2) is 7.75. The number of hydrogen-bond donors (Lipinski definition) is 1. The molecule has 0 saturated heterocycles. The van der Waals surface area contributed by atoms with Crippen LogP contribution in [0.1, 0.15) is 6.92 Å². The van der Waals surface area contributed by atoms with Crippen molar-refractivity contribution in [1.82, 2.24) is 0 Å². The molecular weight excluding hydrogens is 364 g/mol. The highest BCUT2D eigenvalue weighted by molar-refractivity contribution is 5.98. The third-order valence-electron chi connectivity index (χ3n) is 4.21. The number of rotatable bonds is 5. The number of fused-ring (bicyclic) bond motifs is 1. The van der Waals surface area contributed by atoms with Crippen molar-refractivity contribution in [3.05, 3.63) is 76.8 Å². The van der Waals surface area contributed by atoms with E-state index < -0.39 is 23.0 Å². The Bertz CT molecular complexity index is 1050. The number of carbonyl (C=O) groups excluding carboxylic acids is 1. The summed E-state index contributed by atoms with van der Waals surface area (Å²) in [6.07, 6.45) is -0.904. The van der Waals surface area contributed by atoms with Crippen molar-refractivity contribution in [2.45, 2.75) is 13.0 Å². The van der Waals surface area contributed by atoms with Gasteiger partial charge in [0, 0.05) is 17.8 Å². The Labute approximate surface area is 159 Å². The molecule has 0 spiro atoms. The third-order valence-corrected chi connectivity index (χ3v) is 4.21. The Morgan fingerprint density at radius 3 is 2.29 bits per heavy atom. The first-order valence-corrected chi connectivity index (χ1v) is 8.34. The van der Waals surface area contributed by atoms with E-state index in [0.29, 0.717) is 5.69 Å². The van der Waals surface area contributed by atoms with Gasteiger partial charge in [-0.3, -0.25) is 15.0 Å². The van der Waals surface area contributed by atoms with E-state index in [-0.39, 0.29) is 11.4 Å². The van der Waals surface area contributed by atoms with Crippen LogP contribution in [0, 0.1) is 10.1 Å². The summed E-state index contributed by atoms with van der Waals surface area (Å²) in [6, 6.07) is 16.4. The zero-order valence-electron chi connectivity index (χ0n) is 14.8. The lowest BCUT2D eigenvalue weighted by atomic mass is 10.1. The van der Waals surface area contributed by atoms with Crippen LogP contribution in [0.4, 0.5) is 16.2 Å². The number of carbonyl (C=O) groups is 2. The van der Waals surface area contributed by atoms with Crippen LogP contribution in [0.2, 0.25) is 0 Å². The molecule has 28 heavy (non-hydrogen) atoms. The first-order valence-electron chi connectivity index (χ1n) is 8.34. The van der Waals surface area contributed by atoms with Crippen LogP contribution in [-0.4, -0.2) is 28.1 Å². The summed E-state index contributed by atoms with van der Waals surface area (Å²) in [5.74, 6) is -1.13. The van der Waals surface area contributed by atoms with Crippen molar-refractivity contribution in [2.75, 3.05) is 4.90 Å². The quantitative estimate of drug-likeness (QED) is 0.524. The van der Waals surface area contributed by atoms with Crippen molar-refractivity contribution in [1.29, 1.82) is 0 Å². The predicted octanol–water partition coefficient (Wildman–Crippen LogP) is 4.23. The molecule has 0 radical (unpaired) electrons. The van der Waals surface area contributed by atoms with Gasteiger partial charge in [-0.05, 0) is 42.0 Å². The van der Waals surface area contributed by atoms with E-state index in [9.17, 15) is 24.8 Å². The molecule has 0 aliphatic carbocycles. The van der Waals surface area contributed by atoms with Crippen LogP contribution in [-0.2, 0) is 4.79 Å². The second-order valence-corrected chi connectivity index (χ2v) is 6.03. The lowest BCUT2D eigenvalue weighted by Gasteiger charge is -2.26. The van der Waals surface area contributed by atoms with Gasteiger partial charge >= 0.3 is 12.1 Å². The summed E-state index contributed by atoms with van der Waals surface area (Å²) < 4.78 is 5.25. The van der Waals surface area contributed by atoms with Crippen molar-refractivity contribution >= 4 is 34.2 Å². The van der Waals surface area contributed by atoms with Crippen LogP contribution in [0.15, 0.2) is 66.7 Å². The van der Waals surface area contributed by atoms with Crippen LogP contribution >= 0.6 is 0 Å². The average molecular weight is 380 g/mol. The van der Waals surface area contributed by atoms with Crippen LogP contribution in [0.5, 0.6) is 5.75 Å². The molecule has 142 valence electrons. The Balaban J connectivity index is 1.93. The number of nitro groups is 1. The summed E-state index contributed by atoms with van der Waals surface area (Å²) in [5, 5.41) is 21.9. The molecule has 1 amide bonds. The minimum atomic E-state index is -1.20. The Morgan fingerprint density at radius 1 is 1.04 bits per heavy atom. The van der Waals surface area contributed by atoms with Gasteiger partial charge in [-0.2, -0.15) is 0 Å². The number of benzene rings is 3. The van der Waals surface area contributed by atoms with E-state index in [1.54, 1.807) is 18.2 Å². The summed E-state index contributed by atoms with van der Waals surface area (Å²) in [4.78, 5) is 35.4. The van der Waals surface area contributed by atoms with E-state index in [0.717, 1.165) is 15.7 Å².